The maximum Gasteiger partial charge on any atom is 0.325 e. The smallest absolute Gasteiger partial charge is 0.325 e. The topological polar surface area (TPSA) is 109 Å². The maximum atomic E-state index is 12.1. The Kier molecular flexibility index (Phi) is 12.8. The van der Waals surface area contributed by atoms with Crippen molar-refractivity contribution in [2.45, 2.75) is 77.6 Å². The third kappa shape index (κ3) is 9.87. The molecule has 2 amide bonds. The molecular weight excluding hydrogens is 594 g/mol. The molecule has 5 rings (SSSR count). The van der Waals surface area contributed by atoms with Crippen LogP contribution in [0.4, 0.5) is 4.79 Å². The van der Waals surface area contributed by atoms with Crippen LogP contribution in [0.25, 0.3) is 11.1 Å². The van der Waals surface area contributed by atoms with Crippen LogP contribution in [0.2, 0.25) is 0 Å². The molecule has 252 valence electrons. The first kappa shape index (κ1) is 34.6. The van der Waals surface area contributed by atoms with Gasteiger partial charge in [0, 0.05) is 24.6 Å². The summed E-state index contributed by atoms with van der Waals surface area (Å²) >= 11 is 0. The number of esters is 1. The van der Waals surface area contributed by atoms with Crippen molar-refractivity contribution in [1.82, 2.24) is 15.5 Å². The Hall–Kier alpha value is -3.76. The highest BCUT2D eigenvalue weighted by Gasteiger charge is 2.39. The lowest BCUT2D eigenvalue weighted by Crippen LogP contribution is -2.45. The van der Waals surface area contributed by atoms with Gasteiger partial charge in [0.15, 0.2) is 6.29 Å². The van der Waals surface area contributed by atoms with E-state index >= 15 is 0 Å². The molecule has 0 spiro atoms. The predicted molar refractivity (Wildman–Crippen MR) is 181 cm³/mol. The first-order valence-electron chi connectivity index (χ1n) is 17.0. The molecule has 3 aromatic rings. The van der Waals surface area contributed by atoms with Crippen LogP contribution in [0.3, 0.4) is 0 Å². The molecule has 2 heterocycles. The Morgan fingerprint density at radius 2 is 1.55 bits per heavy atom. The van der Waals surface area contributed by atoms with Crippen molar-refractivity contribution in [2.75, 3.05) is 32.8 Å². The van der Waals surface area contributed by atoms with Crippen molar-refractivity contribution in [3.8, 4) is 11.1 Å². The molecule has 0 bridgehead atoms. The van der Waals surface area contributed by atoms with Gasteiger partial charge in [0.25, 0.3) is 0 Å². The summed E-state index contributed by atoms with van der Waals surface area (Å²) in [7, 11) is 0. The quantitative estimate of drug-likeness (QED) is 0.212. The fraction of sp³-hybridized carbons (Fsp3) is 0.474. The minimum atomic E-state index is -0.508. The second kappa shape index (κ2) is 17.4. The Balaban J connectivity index is 1.27. The minimum absolute atomic E-state index is 0.00837. The van der Waals surface area contributed by atoms with Gasteiger partial charge in [-0.3, -0.25) is 4.79 Å². The summed E-state index contributed by atoms with van der Waals surface area (Å²) in [6, 6.07) is 24.0. The van der Waals surface area contributed by atoms with Crippen LogP contribution in [-0.2, 0) is 32.2 Å². The summed E-state index contributed by atoms with van der Waals surface area (Å²) in [4.78, 5) is 26.2. The number of aliphatic hydroxyl groups is 1. The van der Waals surface area contributed by atoms with Crippen LogP contribution in [0.15, 0.2) is 72.8 Å². The van der Waals surface area contributed by atoms with E-state index in [2.05, 4.69) is 58.9 Å². The number of urea groups is 1. The second-order valence-corrected chi connectivity index (χ2v) is 12.6. The summed E-state index contributed by atoms with van der Waals surface area (Å²) in [6.07, 6.45) is 5.74. The Bertz CT molecular complexity index is 1420. The molecule has 0 saturated carbocycles. The molecule has 9 heteroatoms. The molecule has 47 heavy (non-hydrogen) atoms. The number of aliphatic hydroxyl groups excluding tert-OH is 1. The lowest BCUT2D eigenvalue weighted by atomic mass is 9.89. The highest BCUT2D eigenvalue weighted by Crippen LogP contribution is 2.42. The van der Waals surface area contributed by atoms with E-state index in [0.717, 1.165) is 53.0 Å². The first-order valence-corrected chi connectivity index (χ1v) is 17.0. The summed E-state index contributed by atoms with van der Waals surface area (Å²) in [5, 5.41) is 14.9. The molecule has 2 aliphatic heterocycles. The van der Waals surface area contributed by atoms with Crippen LogP contribution in [-0.4, -0.2) is 60.9 Å². The van der Waals surface area contributed by atoms with E-state index < -0.39 is 18.3 Å². The summed E-state index contributed by atoms with van der Waals surface area (Å²) < 4.78 is 18.3. The van der Waals surface area contributed by atoms with Gasteiger partial charge in [-0.25, -0.2) is 4.79 Å². The van der Waals surface area contributed by atoms with Crippen molar-refractivity contribution in [3.63, 3.8) is 0 Å². The van der Waals surface area contributed by atoms with Gasteiger partial charge in [-0.1, -0.05) is 92.9 Å². The number of ether oxygens (including phenoxy) is 3. The predicted octanol–water partition coefficient (Wildman–Crippen LogP) is 6.27. The van der Waals surface area contributed by atoms with Crippen molar-refractivity contribution >= 4 is 12.0 Å². The van der Waals surface area contributed by atoms with E-state index in [1.165, 1.54) is 32.1 Å². The van der Waals surface area contributed by atoms with Crippen LogP contribution in [0.1, 0.15) is 80.6 Å². The summed E-state index contributed by atoms with van der Waals surface area (Å²) in [5.41, 5.74) is 5.95. The number of amides is 2. The van der Waals surface area contributed by atoms with Gasteiger partial charge in [-0.15, -0.1) is 0 Å². The SMILES string of the molecule is CCOC(=O)CNC(=O)NCc1cccc(-c2ccc([C@H]3O[C@@H](CN4CCCCCCC4)[C@@H](C)[C@@H](c4ccc(CO)cc4)O3)cc2)c1. The number of benzene rings is 3. The Morgan fingerprint density at radius 1 is 0.851 bits per heavy atom. The highest BCUT2D eigenvalue weighted by molar-refractivity contribution is 5.80. The fourth-order valence-electron chi connectivity index (χ4n) is 6.38. The third-order valence-electron chi connectivity index (χ3n) is 9.11. The molecular formula is C38H49N3O6. The molecule has 0 radical (unpaired) electrons. The van der Waals surface area contributed by atoms with Crippen molar-refractivity contribution in [1.29, 1.82) is 0 Å². The number of carbonyl (C=O) groups excluding carboxylic acids is 2. The Morgan fingerprint density at radius 3 is 2.26 bits per heavy atom. The average molecular weight is 644 g/mol. The number of carbonyl (C=O) groups is 2. The van der Waals surface area contributed by atoms with E-state index in [4.69, 9.17) is 14.2 Å². The molecule has 0 aliphatic carbocycles. The number of nitrogens with zero attached hydrogens (tertiary/aromatic N) is 1. The number of likely N-dealkylation sites (tertiary alicyclic amines) is 1. The van der Waals surface area contributed by atoms with Crippen LogP contribution < -0.4 is 10.6 Å². The van der Waals surface area contributed by atoms with Crippen molar-refractivity contribution < 1.29 is 28.9 Å². The zero-order valence-corrected chi connectivity index (χ0v) is 27.7. The first-order chi connectivity index (χ1) is 22.9. The van der Waals surface area contributed by atoms with Crippen LogP contribution in [0, 0.1) is 5.92 Å². The maximum absolute atomic E-state index is 12.1. The normalized spacial score (nSPS) is 22.1. The van der Waals surface area contributed by atoms with E-state index in [0.29, 0.717) is 6.54 Å². The molecule has 4 atom stereocenters. The van der Waals surface area contributed by atoms with E-state index in [-0.39, 0.29) is 37.9 Å². The zero-order chi connectivity index (χ0) is 33.0. The summed E-state index contributed by atoms with van der Waals surface area (Å²) in [6.45, 7) is 7.48. The van der Waals surface area contributed by atoms with Gasteiger partial charge >= 0.3 is 12.0 Å². The van der Waals surface area contributed by atoms with E-state index in [9.17, 15) is 14.7 Å². The lowest BCUT2D eigenvalue weighted by molar-refractivity contribution is -0.276. The number of nitrogens with one attached hydrogen (secondary N) is 2. The van der Waals surface area contributed by atoms with Crippen molar-refractivity contribution in [2.24, 2.45) is 5.92 Å². The van der Waals surface area contributed by atoms with Gasteiger partial charge in [0.05, 0.1) is 25.4 Å². The van der Waals surface area contributed by atoms with Gasteiger partial charge in [0.2, 0.25) is 0 Å². The summed E-state index contributed by atoms with van der Waals surface area (Å²) in [5.74, 6) is -0.318. The van der Waals surface area contributed by atoms with Gasteiger partial charge in [-0.2, -0.15) is 0 Å². The zero-order valence-electron chi connectivity index (χ0n) is 27.7. The lowest BCUT2D eigenvalue weighted by Gasteiger charge is -2.43. The van der Waals surface area contributed by atoms with Gasteiger partial charge in [-0.05, 0) is 66.7 Å². The molecule has 2 saturated heterocycles. The average Bonchev–Trinajstić information content (AvgIpc) is 3.09. The molecule has 0 aromatic heterocycles. The number of hydrogen-bond acceptors (Lipinski definition) is 7. The largest absolute Gasteiger partial charge is 0.465 e. The molecule has 3 N–H and O–H groups in total. The molecule has 2 fully saturated rings. The standard InChI is InChI=1S/C38H49N3O6/c1-3-45-35(43)24-40-38(44)39-23-29-10-9-11-33(22-29)30-16-18-32(19-17-30)37-46-34(25-41-20-7-5-4-6-8-21-41)27(2)36(47-37)31-14-12-28(26-42)13-15-31/h9-19,22,27,34,36-37,42H,3-8,20-21,23-26H2,1-2H3,(H2,39,40,44)/t27-,34+,36+,37+/m1/s1. The molecule has 9 nitrogen and oxygen atoms in total. The number of rotatable bonds is 11. The van der Waals surface area contributed by atoms with Crippen molar-refractivity contribution in [3.05, 3.63) is 95.1 Å². The van der Waals surface area contributed by atoms with Crippen LogP contribution >= 0.6 is 0 Å². The molecule has 3 aromatic carbocycles. The molecule has 2 aliphatic rings. The van der Waals surface area contributed by atoms with E-state index in [1.807, 2.05) is 36.4 Å². The minimum Gasteiger partial charge on any atom is -0.465 e. The van der Waals surface area contributed by atoms with E-state index in [1.54, 1.807) is 6.92 Å². The van der Waals surface area contributed by atoms with Gasteiger partial charge in [0.1, 0.15) is 6.54 Å². The van der Waals surface area contributed by atoms with Gasteiger partial charge < -0.3 is 34.9 Å². The third-order valence-corrected chi connectivity index (χ3v) is 9.11. The highest BCUT2D eigenvalue weighted by atomic mass is 16.7. The number of hydrogen-bond donors (Lipinski definition) is 3. The second-order valence-electron chi connectivity index (χ2n) is 12.6. The van der Waals surface area contributed by atoms with Crippen LogP contribution in [0.5, 0.6) is 0 Å². The Labute approximate surface area is 278 Å². The fourth-order valence-corrected chi connectivity index (χ4v) is 6.38. The molecule has 0 unspecified atom stereocenters. The monoisotopic (exact) mass is 643 g/mol.